The lowest BCUT2D eigenvalue weighted by Crippen LogP contribution is -2.15. The lowest BCUT2D eigenvalue weighted by molar-refractivity contribution is 0.102. The van der Waals surface area contributed by atoms with E-state index in [1.807, 2.05) is 25.1 Å². The molecule has 0 unspecified atom stereocenters. The van der Waals surface area contributed by atoms with E-state index in [2.05, 4.69) is 17.3 Å². The fourth-order valence-corrected chi connectivity index (χ4v) is 2.00. The van der Waals surface area contributed by atoms with E-state index < -0.39 is 0 Å². The molecule has 0 saturated heterocycles. The highest BCUT2D eigenvalue weighted by Gasteiger charge is 2.15. The van der Waals surface area contributed by atoms with E-state index in [9.17, 15) is 4.79 Å². The van der Waals surface area contributed by atoms with Gasteiger partial charge in [-0.15, -0.1) is 0 Å². The van der Waals surface area contributed by atoms with Crippen molar-refractivity contribution >= 4 is 17.4 Å². The van der Waals surface area contributed by atoms with Gasteiger partial charge in [-0.3, -0.25) is 9.48 Å². The van der Waals surface area contributed by atoms with Crippen LogP contribution in [-0.2, 0) is 13.5 Å². The molecule has 1 heterocycles. The molecular weight excluding hydrogens is 240 g/mol. The summed E-state index contributed by atoms with van der Waals surface area (Å²) in [5.74, 6) is 0.138. The number of para-hydroxylation sites is 1. The van der Waals surface area contributed by atoms with E-state index in [0.29, 0.717) is 11.4 Å². The van der Waals surface area contributed by atoms with E-state index in [1.54, 1.807) is 7.05 Å². The second-order valence-electron chi connectivity index (χ2n) is 4.48. The molecule has 1 aromatic carbocycles. The number of carbonyl (C=O) groups excluding carboxylic acids is 1. The van der Waals surface area contributed by atoms with Gasteiger partial charge in [0.1, 0.15) is 11.4 Å². The zero-order valence-corrected chi connectivity index (χ0v) is 11.4. The predicted octanol–water partition coefficient (Wildman–Crippen LogP) is 2.13. The first-order chi connectivity index (χ1) is 9.04. The van der Waals surface area contributed by atoms with Crippen LogP contribution in [-0.4, -0.2) is 15.7 Å². The average Bonchev–Trinajstić information content (AvgIpc) is 2.72. The number of aryl methyl sites for hydroxylation is 3. The summed E-state index contributed by atoms with van der Waals surface area (Å²) < 4.78 is 1.48. The second kappa shape index (κ2) is 5.14. The first-order valence-corrected chi connectivity index (χ1v) is 6.22. The number of rotatable bonds is 3. The largest absolute Gasteiger partial charge is 0.383 e. The third kappa shape index (κ3) is 2.45. The van der Waals surface area contributed by atoms with Gasteiger partial charge in [-0.05, 0) is 24.5 Å². The number of aromatic nitrogens is 2. The number of carbonyl (C=O) groups is 1. The maximum absolute atomic E-state index is 12.2. The molecule has 19 heavy (non-hydrogen) atoms. The third-order valence-corrected chi connectivity index (χ3v) is 3.21. The monoisotopic (exact) mass is 258 g/mol. The Labute approximate surface area is 112 Å². The van der Waals surface area contributed by atoms with Gasteiger partial charge >= 0.3 is 0 Å². The molecule has 100 valence electrons. The lowest BCUT2D eigenvalue weighted by atomic mass is 10.1. The third-order valence-electron chi connectivity index (χ3n) is 3.21. The van der Waals surface area contributed by atoms with Crippen molar-refractivity contribution in [2.75, 3.05) is 11.1 Å². The average molecular weight is 258 g/mol. The van der Waals surface area contributed by atoms with Crippen LogP contribution in [0.5, 0.6) is 0 Å². The highest BCUT2D eigenvalue weighted by Crippen LogP contribution is 2.22. The molecule has 3 N–H and O–H groups in total. The van der Waals surface area contributed by atoms with Crippen molar-refractivity contribution in [3.05, 3.63) is 41.1 Å². The Morgan fingerprint density at radius 2 is 2.21 bits per heavy atom. The van der Waals surface area contributed by atoms with Crippen LogP contribution in [0.15, 0.2) is 24.4 Å². The van der Waals surface area contributed by atoms with E-state index in [-0.39, 0.29) is 5.91 Å². The molecule has 0 bridgehead atoms. The van der Waals surface area contributed by atoms with Gasteiger partial charge in [-0.1, -0.05) is 25.1 Å². The number of nitrogens with zero attached hydrogens (tertiary/aromatic N) is 2. The molecule has 0 spiro atoms. The van der Waals surface area contributed by atoms with Gasteiger partial charge in [-0.25, -0.2) is 0 Å². The maximum atomic E-state index is 12.2. The predicted molar refractivity (Wildman–Crippen MR) is 76.1 cm³/mol. The summed E-state index contributed by atoms with van der Waals surface area (Å²) >= 11 is 0. The SMILES string of the molecule is CCc1cccc(C)c1NC(=O)c1cnn(C)c1N. The molecule has 5 heteroatoms. The Bertz CT molecular complexity index is 616. The quantitative estimate of drug-likeness (QED) is 0.885. The van der Waals surface area contributed by atoms with Crippen LogP contribution in [0.3, 0.4) is 0 Å². The standard InChI is InChI=1S/C14H18N4O/c1-4-10-7-5-6-9(2)12(10)17-14(19)11-8-16-18(3)13(11)15/h5-8H,4,15H2,1-3H3,(H,17,19). The summed E-state index contributed by atoms with van der Waals surface area (Å²) in [6, 6.07) is 5.97. The Morgan fingerprint density at radius 1 is 1.47 bits per heavy atom. The summed E-state index contributed by atoms with van der Waals surface area (Å²) in [5, 5.41) is 6.90. The molecule has 0 aliphatic rings. The van der Waals surface area contributed by atoms with Gasteiger partial charge < -0.3 is 11.1 Å². The van der Waals surface area contributed by atoms with Gasteiger partial charge in [-0.2, -0.15) is 5.10 Å². The van der Waals surface area contributed by atoms with Crippen LogP contribution >= 0.6 is 0 Å². The van der Waals surface area contributed by atoms with Gasteiger partial charge in [0.2, 0.25) is 0 Å². The van der Waals surface area contributed by atoms with Crippen LogP contribution in [0.2, 0.25) is 0 Å². The van der Waals surface area contributed by atoms with Crippen LogP contribution in [0.25, 0.3) is 0 Å². The van der Waals surface area contributed by atoms with Gasteiger partial charge in [0, 0.05) is 12.7 Å². The van der Waals surface area contributed by atoms with Crippen molar-refractivity contribution in [2.24, 2.45) is 7.05 Å². The molecule has 0 fully saturated rings. The number of hydrogen-bond acceptors (Lipinski definition) is 3. The molecule has 0 saturated carbocycles. The molecule has 0 atom stereocenters. The Kier molecular flexibility index (Phi) is 3.55. The first kappa shape index (κ1) is 13.1. The molecule has 2 rings (SSSR count). The van der Waals surface area contributed by atoms with Crippen molar-refractivity contribution in [2.45, 2.75) is 20.3 Å². The molecule has 2 aromatic rings. The van der Waals surface area contributed by atoms with E-state index in [4.69, 9.17) is 5.73 Å². The Morgan fingerprint density at radius 3 is 2.79 bits per heavy atom. The first-order valence-electron chi connectivity index (χ1n) is 6.22. The minimum Gasteiger partial charge on any atom is -0.383 e. The number of nitrogen functional groups attached to an aromatic ring is 1. The molecule has 0 radical (unpaired) electrons. The summed E-state index contributed by atoms with van der Waals surface area (Å²) in [4.78, 5) is 12.2. The number of hydrogen-bond donors (Lipinski definition) is 2. The zero-order valence-electron chi connectivity index (χ0n) is 11.4. The number of amides is 1. The smallest absolute Gasteiger partial charge is 0.261 e. The van der Waals surface area contributed by atoms with Gasteiger partial charge in [0.05, 0.1) is 6.20 Å². The molecular formula is C14H18N4O. The van der Waals surface area contributed by atoms with Crippen LogP contribution in [0.1, 0.15) is 28.4 Å². The molecule has 1 amide bonds. The summed E-state index contributed by atoms with van der Waals surface area (Å²) in [6.45, 7) is 4.03. The number of benzene rings is 1. The van der Waals surface area contributed by atoms with Crippen molar-refractivity contribution < 1.29 is 4.79 Å². The van der Waals surface area contributed by atoms with Crippen LogP contribution < -0.4 is 11.1 Å². The fourth-order valence-electron chi connectivity index (χ4n) is 2.00. The molecule has 0 aliphatic carbocycles. The van der Waals surface area contributed by atoms with Crippen molar-refractivity contribution in [3.63, 3.8) is 0 Å². The van der Waals surface area contributed by atoms with Gasteiger partial charge in [0.15, 0.2) is 0 Å². The van der Waals surface area contributed by atoms with Crippen molar-refractivity contribution in [1.29, 1.82) is 0 Å². The Hall–Kier alpha value is -2.30. The summed E-state index contributed by atoms with van der Waals surface area (Å²) in [7, 11) is 1.71. The maximum Gasteiger partial charge on any atom is 0.261 e. The normalized spacial score (nSPS) is 10.5. The zero-order chi connectivity index (χ0) is 14.0. The van der Waals surface area contributed by atoms with Crippen molar-refractivity contribution in [1.82, 2.24) is 9.78 Å². The minimum absolute atomic E-state index is 0.227. The van der Waals surface area contributed by atoms with Crippen LogP contribution in [0, 0.1) is 6.92 Å². The van der Waals surface area contributed by atoms with E-state index in [1.165, 1.54) is 10.9 Å². The highest BCUT2D eigenvalue weighted by atomic mass is 16.1. The van der Waals surface area contributed by atoms with Gasteiger partial charge in [0.25, 0.3) is 5.91 Å². The number of nitrogens with one attached hydrogen (secondary N) is 1. The second-order valence-corrected chi connectivity index (χ2v) is 4.48. The minimum atomic E-state index is -0.227. The summed E-state index contributed by atoms with van der Waals surface area (Å²) in [5.41, 5.74) is 9.21. The highest BCUT2D eigenvalue weighted by molar-refractivity contribution is 6.07. The molecule has 0 aliphatic heterocycles. The number of anilines is 2. The van der Waals surface area contributed by atoms with Crippen LogP contribution in [0.4, 0.5) is 11.5 Å². The van der Waals surface area contributed by atoms with E-state index >= 15 is 0 Å². The van der Waals surface area contributed by atoms with Crippen molar-refractivity contribution in [3.8, 4) is 0 Å². The van der Waals surface area contributed by atoms with E-state index in [0.717, 1.165) is 23.2 Å². The summed E-state index contributed by atoms with van der Waals surface area (Å²) in [6.07, 6.45) is 2.34. The fraction of sp³-hybridized carbons (Fsp3) is 0.286. The molecule has 1 aromatic heterocycles. The molecule has 5 nitrogen and oxygen atoms in total. The lowest BCUT2D eigenvalue weighted by Gasteiger charge is -2.12. The number of nitrogens with two attached hydrogens (primary N) is 1. The topological polar surface area (TPSA) is 72.9 Å². The Balaban J connectivity index is 2.32.